The average Bonchev–Trinajstić information content (AvgIpc) is 2.99. The number of fused-ring (bicyclic) bond motifs is 1. The number of carbonyl (C=O) groups is 2. The maximum absolute atomic E-state index is 12.7. The number of likely N-dealkylation sites (N-methyl/N-ethyl adjacent to an activating group) is 1. The van der Waals surface area contributed by atoms with E-state index in [-0.39, 0.29) is 5.69 Å². The molecule has 3 rings (SSSR count). The fourth-order valence-corrected chi connectivity index (χ4v) is 2.58. The zero-order valence-corrected chi connectivity index (χ0v) is 12.4. The van der Waals surface area contributed by atoms with Crippen LogP contribution in [0.25, 0.3) is 10.9 Å². The molecule has 1 aromatic heterocycles. The van der Waals surface area contributed by atoms with Gasteiger partial charge in [-0.2, -0.15) is 5.10 Å². The quantitative estimate of drug-likeness (QED) is 0.775. The summed E-state index contributed by atoms with van der Waals surface area (Å²) in [7, 11) is 1.47. The van der Waals surface area contributed by atoms with E-state index in [0.29, 0.717) is 10.9 Å². The third-order valence-corrected chi connectivity index (χ3v) is 3.73. The molecule has 2 aromatic carbocycles. The van der Waals surface area contributed by atoms with E-state index in [0.717, 1.165) is 5.52 Å². The summed E-state index contributed by atoms with van der Waals surface area (Å²) in [5.74, 6) is -1.54. The van der Waals surface area contributed by atoms with Crippen LogP contribution in [-0.2, 0) is 4.79 Å². The van der Waals surface area contributed by atoms with Crippen LogP contribution in [0.5, 0.6) is 0 Å². The fraction of sp³-hybridized carbons (Fsp3) is 0.118. The highest BCUT2D eigenvalue weighted by molar-refractivity contribution is 6.05. The Morgan fingerprint density at radius 1 is 1.09 bits per heavy atom. The highest BCUT2D eigenvalue weighted by Crippen LogP contribution is 2.23. The Hall–Kier alpha value is -3.15. The predicted octanol–water partition coefficient (Wildman–Crippen LogP) is 2.46. The van der Waals surface area contributed by atoms with Crippen molar-refractivity contribution in [3.63, 3.8) is 0 Å². The monoisotopic (exact) mass is 309 g/mol. The number of aliphatic carboxylic acids is 1. The van der Waals surface area contributed by atoms with Gasteiger partial charge in [-0.05, 0) is 11.6 Å². The van der Waals surface area contributed by atoms with Gasteiger partial charge in [-0.1, -0.05) is 48.5 Å². The maximum Gasteiger partial charge on any atom is 0.331 e. The Bertz CT molecular complexity index is 858. The lowest BCUT2D eigenvalue weighted by Gasteiger charge is -2.24. The van der Waals surface area contributed by atoms with Crippen molar-refractivity contribution in [1.29, 1.82) is 0 Å². The molecule has 0 saturated carbocycles. The van der Waals surface area contributed by atoms with Crippen molar-refractivity contribution in [2.75, 3.05) is 7.05 Å². The van der Waals surface area contributed by atoms with Crippen LogP contribution >= 0.6 is 0 Å². The topological polar surface area (TPSA) is 86.3 Å². The molecule has 0 aliphatic heterocycles. The normalized spacial score (nSPS) is 12.0. The van der Waals surface area contributed by atoms with Crippen LogP contribution in [0.2, 0.25) is 0 Å². The molecule has 2 N–H and O–H groups in total. The van der Waals surface area contributed by atoms with E-state index in [9.17, 15) is 14.7 Å². The number of carbonyl (C=O) groups excluding carboxylic acids is 1. The molecule has 6 heteroatoms. The molecule has 6 nitrogen and oxygen atoms in total. The number of H-pyrrole nitrogens is 1. The summed E-state index contributed by atoms with van der Waals surface area (Å²) in [6.45, 7) is 0. The molecule has 1 amide bonds. The Kier molecular flexibility index (Phi) is 3.80. The molecule has 1 unspecified atom stereocenters. The first-order valence-electron chi connectivity index (χ1n) is 7.07. The van der Waals surface area contributed by atoms with Crippen LogP contribution in [-0.4, -0.2) is 39.1 Å². The van der Waals surface area contributed by atoms with Crippen LogP contribution in [0.15, 0.2) is 54.6 Å². The summed E-state index contributed by atoms with van der Waals surface area (Å²) < 4.78 is 0. The average molecular weight is 309 g/mol. The lowest BCUT2D eigenvalue weighted by atomic mass is 10.1. The smallest absolute Gasteiger partial charge is 0.331 e. The minimum absolute atomic E-state index is 0.213. The van der Waals surface area contributed by atoms with E-state index in [1.54, 1.807) is 42.5 Å². The number of aromatic amines is 1. The number of benzene rings is 2. The van der Waals surface area contributed by atoms with Crippen molar-refractivity contribution in [2.45, 2.75) is 6.04 Å². The summed E-state index contributed by atoms with van der Waals surface area (Å²) in [6.07, 6.45) is 0. The fourth-order valence-electron chi connectivity index (χ4n) is 2.58. The van der Waals surface area contributed by atoms with Crippen molar-refractivity contribution >= 4 is 22.8 Å². The molecule has 3 aromatic rings. The van der Waals surface area contributed by atoms with Gasteiger partial charge in [0.1, 0.15) is 0 Å². The second-order valence-corrected chi connectivity index (χ2v) is 5.19. The molecule has 0 bridgehead atoms. The first kappa shape index (κ1) is 14.8. The molecule has 0 spiro atoms. The molecular formula is C17H15N3O3. The molecule has 0 aliphatic carbocycles. The summed E-state index contributed by atoms with van der Waals surface area (Å²) in [5, 5.41) is 17.0. The number of hydrogen-bond donors (Lipinski definition) is 2. The first-order valence-corrected chi connectivity index (χ1v) is 7.07. The molecule has 23 heavy (non-hydrogen) atoms. The van der Waals surface area contributed by atoms with E-state index in [1.165, 1.54) is 11.9 Å². The number of rotatable bonds is 4. The number of aromatic nitrogens is 2. The van der Waals surface area contributed by atoms with E-state index in [1.807, 2.05) is 12.1 Å². The number of carboxylic acid groups (broad SMARTS) is 1. The Morgan fingerprint density at radius 2 is 1.74 bits per heavy atom. The molecule has 0 saturated heterocycles. The number of nitrogens with zero attached hydrogens (tertiary/aromatic N) is 2. The first-order chi connectivity index (χ1) is 11.1. The molecular weight excluding hydrogens is 294 g/mol. The van der Waals surface area contributed by atoms with Crippen molar-refractivity contribution in [3.8, 4) is 0 Å². The van der Waals surface area contributed by atoms with Crippen LogP contribution in [0, 0.1) is 0 Å². The number of amides is 1. The predicted molar refractivity (Wildman–Crippen MR) is 85.0 cm³/mol. The maximum atomic E-state index is 12.7. The highest BCUT2D eigenvalue weighted by Gasteiger charge is 2.30. The summed E-state index contributed by atoms with van der Waals surface area (Å²) >= 11 is 0. The van der Waals surface area contributed by atoms with E-state index in [4.69, 9.17) is 0 Å². The van der Waals surface area contributed by atoms with E-state index >= 15 is 0 Å². The number of hydrogen-bond acceptors (Lipinski definition) is 3. The van der Waals surface area contributed by atoms with E-state index < -0.39 is 17.9 Å². The van der Waals surface area contributed by atoms with Gasteiger partial charge in [0, 0.05) is 12.4 Å². The van der Waals surface area contributed by atoms with Gasteiger partial charge >= 0.3 is 5.97 Å². The van der Waals surface area contributed by atoms with Gasteiger partial charge in [0.05, 0.1) is 5.52 Å². The Morgan fingerprint density at radius 3 is 2.43 bits per heavy atom. The summed E-state index contributed by atoms with van der Waals surface area (Å²) in [5.41, 5.74) is 1.48. The zero-order valence-electron chi connectivity index (χ0n) is 12.4. The summed E-state index contributed by atoms with van der Waals surface area (Å²) in [6, 6.07) is 14.8. The Labute approximate surface area is 132 Å². The van der Waals surface area contributed by atoms with Gasteiger partial charge < -0.3 is 10.0 Å². The molecule has 0 aliphatic rings. The largest absolute Gasteiger partial charge is 0.479 e. The van der Waals surface area contributed by atoms with Crippen LogP contribution in [0.4, 0.5) is 0 Å². The lowest BCUT2D eigenvalue weighted by molar-refractivity contribution is -0.142. The molecule has 0 fully saturated rings. The van der Waals surface area contributed by atoms with Crippen LogP contribution in [0.1, 0.15) is 22.1 Å². The van der Waals surface area contributed by atoms with Gasteiger partial charge in [0.15, 0.2) is 11.7 Å². The van der Waals surface area contributed by atoms with Crippen molar-refractivity contribution in [2.24, 2.45) is 0 Å². The second kappa shape index (κ2) is 5.92. The number of carboxylic acids is 1. The summed E-state index contributed by atoms with van der Waals surface area (Å²) in [4.78, 5) is 25.6. The van der Waals surface area contributed by atoms with E-state index in [2.05, 4.69) is 10.2 Å². The van der Waals surface area contributed by atoms with Crippen LogP contribution in [0.3, 0.4) is 0 Å². The van der Waals surface area contributed by atoms with Gasteiger partial charge in [0.2, 0.25) is 0 Å². The van der Waals surface area contributed by atoms with Crippen molar-refractivity contribution in [1.82, 2.24) is 15.1 Å². The minimum atomic E-state index is -1.09. The standard InChI is InChI=1S/C17H15N3O3/c1-20(15(17(22)23)11-7-3-2-4-8-11)16(21)14-12-9-5-6-10-13(12)18-19-14/h2-10,15H,1H3,(H,18,19)(H,22,23). The second-order valence-electron chi connectivity index (χ2n) is 5.19. The molecule has 1 heterocycles. The Balaban J connectivity index is 1.99. The SMILES string of the molecule is CN(C(=O)c1n[nH]c2ccccc12)C(C(=O)O)c1ccccc1. The van der Waals surface area contributed by atoms with Gasteiger partial charge in [0.25, 0.3) is 5.91 Å². The van der Waals surface area contributed by atoms with Crippen molar-refractivity contribution in [3.05, 3.63) is 65.9 Å². The third kappa shape index (κ3) is 2.66. The lowest BCUT2D eigenvalue weighted by Crippen LogP contribution is -2.36. The molecule has 1 atom stereocenters. The van der Waals surface area contributed by atoms with Crippen LogP contribution < -0.4 is 0 Å². The minimum Gasteiger partial charge on any atom is -0.479 e. The molecule has 116 valence electrons. The number of para-hydroxylation sites is 1. The van der Waals surface area contributed by atoms with Gasteiger partial charge in [-0.15, -0.1) is 0 Å². The highest BCUT2D eigenvalue weighted by atomic mass is 16.4. The molecule has 0 radical (unpaired) electrons. The zero-order chi connectivity index (χ0) is 16.4. The van der Waals surface area contributed by atoms with Crippen molar-refractivity contribution < 1.29 is 14.7 Å². The van der Waals surface area contributed by atoms with Gasteiger partial charge in [-0.25, -0.2) is 4.79 Å². The van der Waals surface area contributed by atoms with Gasteiger partial charge in [-0.3, -0.25) is 9.89 Å². The number of nitrogens with one attached hydrogen (secondary N) is 1. The third-order valence-electron chi connectivity index (χ3n) is 3.73.